The molecule has 2 aromatic rings. The number of hydrogen-bond donors (Lipinski definition) is 3. The fraction of sp³-hybridized carbons (Fsp3) is 0.188. The molecule has 3 N–H and O–H groups in total. The minimum absolute atomic E-state index is 0. The van der Waals surface area contributed by atoms with E-state index in [-0.39, 0.29) is 140 Å². The zero-order chi connectivity index (χ0) is 15.9. The number of Topliss-reactive ketones (excluding diaryl/α,β-unsaturated/α-hetero) is 1. The topological polar surface area (TPSA) is 96.2 Å². The van der Waals surface area contributed by atoms with Crippen molar-refractivity contribution in [2.45, 2.75) is 12.5 Å². The molecular weight excluding hydrogens is 367 g/mol. The van der Waals surface area contributed by atoms with E-state index in [1.165, 1.54) is 19.2 Å². The summed E-state index contributed by atoms with van der Waals surface area (Å²) in [5.74, 6) is -0.376. The van der Waals surface area contributed by atoms with Crippen molar-refractivity contribution in [2.75, 3.05) is 7.11 Å². The van der Waals surface area contributed by atoms with Gasteiger partial charge in [0.15, 0.2) is 17.3 Å². The van der Waals surface area contributed by atoms with E-state index in [4.69, 9.17) is 9.47 Å². The Balaban J connectivity index is -0.00000115. The molecule has 1 aliphatic heterocycles. The average molecular weight is 384 g/mol. The molecule has 24 heavy (non-hydrogen) atoms. The third kappa shape index (κ3) is 4.39. The van der Waals surface area contributed by atoms with E-state index < -0.39 is 6.10 Å². The Bertz CT molecular complexity index is 778. The zero-order valence-electron chi connectivity index (χ0n) is 16.4. The average Bonchev–Trinajstić information content (AvgIpc) is 2.46. The molecule has 0 radical (unpaired) electrons. The third-order valence-electron chi connectivity index (χ3n) is 3.56. The summed E-state index contributed by atoms with van der Waals surface area (Å²) in [4.78, 5) is 12.2. The Hall–Kier alpha value is 0.00610. The second-order valence-electron chi connectivity index (χ2n) is 5.00. The molecule has 1 aliphatic rings. The summed E-state index contributed by atoms with van der Waals surface area (Å²) in [6, 6.07) is 7.06. The number of carbonyl (C=O) groups excluding carboxylic acids is 1. The number of rotatable bonds is 2. The van der Waals surface area contributed by atoms with Gasteiger partial charge in [-0.2, -0.15) is 0 Å². The van der Waals surface area contributed by atoms with Gasteiger partial charge < -0.3 is 29.1 Å². The summed E-state index contributed by atoms with van der Waals surface area (Å²) in [5.41, 5.74) is 0.719. The monoisotopic (exact) mass is 384 g/mol. The summed E-state index contributed by atoms with van der Waals surface area (Å²) in [5, 5.41) is 28.9. The van der Waals surface area contributed by atoms with Crippen molar-refractivity contribution in [3.63, 3.8) is 0 Å². The second-order valence-corrected chi connectivity index (χ2v) is 5.00. The van der Waals surface area contributed by atoms with E-state index in [0.717, 1.165) is 6.07 Å². The number of benzene rings is 2. The number of ketones is 1. The van der Waals surface area contributed by atoms with E-state index in [1.807, 2.05) is 0 Å². The number of hydrogen-bond acceptors (Lipinski definition) is 6. The van der Waals surface area contributed by atoms with Gasteiger partial charge in [0.25, 0.3) is 0 Å². The van der Waals surface area contributed by atoms with Crippen molar-refractivity contribution in [1.29, 1.82) is 0 Å². The van der Waals surface area contributed by atoms with Gasteiger partial charge in [-0.25, -0.2) is 0 Å². The minimum atomic E-state index is -0.587. The molecule has 8 heteroatoms. The van der Waals surface area contributed by atoms with E-state index >= 15 is 0 Å². The molecule has 0 saturated carbocycles. The first-order chi connectivity index (χ1) is 10.5. The minimum Gasteiger partial charge on any atom is -1.00 e. The summed E-state index contributed by atoms with van der Waals surface area (Å²) < 4.78 is 10.8. The van der Waals surface area contributed by atoms with Crippen molar-refractivity contribution in [2.24, 2.45) is 0 Å². The molecular formula is C16H17CaKO6. The summed E-state index contributed by atoms with van der Waals surface area (Å²) in [6.45, 7) is 0. The van der Waals surface area contributed by atoms with Crippen LogP contribution < -0.4 is 60.9 Å². The molecule has 1 heterocycles. The van der Waals surface area contributed by atoms with Crippen LogP contribution in [0.5, 0.6) is 28.7 Å². The molecule has 0 aromatic heterocycles. The predicted molar refractivity (Wildman–Crippen MR) is 85.8 cm³/mol. The molecule has 3 rings (SSSR count). The Morgan fingerprint density at radius 2 is 1.88 bits per heavy atom. The Morgan fingerprint density at radius 3 is 2.54 bits per heavy atom. The van der Waals surface area contributed by atoms with Crippen LogP contribution in [0.3, 0.4) is 0 Å². The third-order valence-corrected chi connectivity index (χ3v) is 3.56. The Labute approximate surface area is 215 Å². The zero-order valence-corrected chi connectivity index (χ0v) is 18.8. The van der Waals surface area contributed by atoms with Crippen molar-refractivity contribution in [1.82, 2.24) is 0 Å². The maximum Gasteiger partial charge on any atom is 2.00 e. The van der Waals surface area contributed by atoms with Gasteiger partial charge in [-0.05, 0) is 17.7 Å². The summed E-state index contributed by atoms with van der Waals surface area (Å²) in [7, 11) is 1.43. The van der Waals surface area contributed by atoms with Gasteiger partial charge in [0.05, 0.1) is 13.5 Å². The molecule has 0 saturated heterocycles. The number of aromatic hydroxyl groups is 3. The largest absolute Gasteiger partial charge is 2.00 e. The van der Waals surface area contributed by atoms with Gasteiger partial charge in [0.1, 0.15) is 28.9 Å². The van der Waals surface area contributed by atoms with Crippen LogP contribution in [0.1, 0.15) is 32.7 Å². The molecule has 0 spiro atoms. The van der Waals surface area contributed by atoms with E-state index in [0.29, 0.717) is 5.56 Å². The van der Waals surface area contributed by atoms with Crippen LogP contribution in [-0.2, 0) is 0 Å². The first-order valence-electron chi connectivity index (χ1n) is 6.62. The maximum atomic E-state index is 12.2. The van der Waals surface area contributed by atoms with Gasteiger partial charge >= 0.3 is 89.1 Å². The van der Waals surface area contributed by atoms with E-state index in [1.54, 1.807) is 12.1 Å². The number of carbonyl (C=O) groups is 1. The Morgan fingerprint density at radius 1 is 1.17 bits per heavy atom. The molecule has 120 valence electrons. The van der Waals surface area contributed by atoms with Crippen molar-refractivity contribution >= 4 is 43.5 Å². The first-order valence-corrected chi connectivity index (χ1v) is 6.62. The van der Waals surface area contributed by atoms with Gasteiger partial charge in [-0.15, -0.1) is 0 Å². The van der Waals surface area contributed by atoms with Crippen LogP contribution in [0.25, 0.3) is 0 Å². The van der Waals surface area contributed by atoms with Crippen molar-refractivity contribution in [3.8, 4) is 28.7 Å². The molecule has 0 unspecified atom stereocenters. The molecule has 6 nitrogen and oxygen atoms in total. The molecule has 0 aliphatic carbocycles. The van der Waals surface area contributed by atoms with Gasteiger partial charge in [-0.1, -0.05) is 6.07 Å². The number of ether oxygens (including phenoxy) is 2. The van der Waals surface area contributed by atoms with Gasteiger partial charge in [0, 0.05) is 12.1 Å². The molecule has 0 fully saturated rings. The fourth-order valence-corrected chi connectivity index (χ4v) is 2.51. The normalized spacial score (nSPS) is 15.4. The molecule has 2 aromatic carbocycles. The van der Waals surface area contributed by atoms with Crippen LogP contribution in [0.2, 0.25) is 0 Å². The quantitative estimate of drug-likeness (QED) is 0.603. The number of phenols is 3. The number of methoxy groups -OCH3 is 1. The Kier molecular flexibility index (Phi) is 8.35. The van der Waals surface area contributed by atoms with E-state index in [2.05, 4.69) is 0 Å². The van der Waals surface area contributed by atoms with Crippen LogP contribution in [0, 0.1) is 0 Å². The first kappa shape index (κ1) is 22.0. The van der Waals surface area contributed by atoms with Crippen LogP contribution in [-0.4, -0.2) is 66.0 Å². The maximum absolute atomic E-state index is 12.2. The van der Waals surface area contributed by atoms with Crippen LogP contribution in [0.15, 0.2) is 30.3 Å². The second kappa shape index (κ2) is 9.09. The van der Waals surface area contributed by atoms with E-state index in [9.17, 15) is 20.1 Å². The SMILES string of the molecule is COc1cc([C@@H]2CC(=O)c3c(O)cc(O)cc3O2)ccc1O.[Ca+2].[H-].[H-].[H-].[K+]. The van der Waals surface area contributed by atoms with Gasteiger partial charge in [-0.3, -0.25) is 4.79 Å². The standard InChI is InChI=1S/C16H14O6.Ca.K.3H/c1-21-14-4-8(2-3-10(14)18)13-7-12(20)16-11(19)5-9(17)6-15(16)22-13;;;;;/h2-6,13,17-19H,7H2,1H3;;;;;/q;+2;+1;3*-1/t13-;;;;;/m0...../s1. The van der Waals surface area contributed by atoms with Crippen LogP contribution in [0.4, 0.5) is 0 Å². The van der Waals surface area contributed by atoms with Crippen LogP contribution >= 0.6 is 0 Å². The molecule has 0 amide bonds. The fourth-order valence-electron chi connectivity index (χ4n) is 2.51. The number of phenolic OH excluding ortho intramolecular Hbond substituents is 3. The predicted octanol–water partition coefficient (Wildman–Crippen LogP) is -0.521. The molecule has 0 bridgehead atoms. The van der Waals surface area contributed by atoms with Gasteiger partial charge in [0.2, 0.25) is 0 Å². The van der Waals surface area contributed by atoms with Crippen molar-refractivity contribution < 1.29 is 85.3 Å². The van der Waals surface area contributed by atoms with Crippen molar-refractivity contribution in [3.05, 3.63) is 41.5 Å². The summed E-state index contributed by atoms with van der Waals surface area (Å²) in [6.07, 6.45) is -0.546. The number of fused-ring (bicyclic) bond motifs is 1. The summed E-state index contributed by atoms with van der Waals surface area (Å²) >= 11 is 0. The smallest absolute Gasteiger partial charge is 1.00 e. The molecule has 1 atom stereocenters.